The van der Waals surface area contributed by atoms with Crippen molar-refractivity contribution in [3.63, 3.8) is 0 Å². The number of hydrogen-bond donors (Lipinski definition) is 0. The summed E-state index contributed by atoms with van der Waals surface area (Å²) in [7, 11) is 0. The summed E-state index contributed by atoms with van der Waals surface area (Å²) in [4.78, 5) is 22.8. The molecule has 5 heteroatoms. The van der Waals surface area contributed by atoms with Crippen molar-refractivity contribution in [2.75, 3.05) is 0 Å². The third kappa shape index (κ3) is 4.07. The highest BCUT2D eigenvalue weighted by atomic mass is 15.1. The molecular weight excluding hydrogens is 382 g/mol. The lowest BCUT2D eigenvalue weighted by Gasteiger charge is -2.07. The molecule has 0 bridgehead atoms. The average molecular weight is 401 g/mol. The first-order valence-corrected chi connectivity index (χ1v) is 10.0. The highest BCUT2D eigenvalue weighted by Gasteiger charge is 2.11. The van der Waals surface area contributed by atoms with Crippen molar-refractivity contribution in [3.05, 3.63) is 103 Å². The van der Waals surface area contributed by atoms with Gasteiger partial charge in [-0.1, -0.05) is 72.8 Å². The number of aryl methyl sites for hydroxylation is 1. The lowest BCUT2D eigenvalue weighted by Crippen LogP contribution is -2.01. The molecule has 0 spiro atoms. The van der Waals surface area contributed by atoms with Gasteiger partial charge in [0.05, 0.1) is 0 Å². The van der Waals surface area contributed by atoms with Crippen LogP contribution in [-0.2, 0) is 0 Å². The molecular formula is C26H19N5. The molecule has 0 amide bonds. The molecule has 148 valence electrons. The Labute approximate surface area is 180 Å². The lowest BCUT2D eigenvalue weighted by atomic mass is 10.1. The predicted octanol–water partition coefficient (Wildman–Crippen LogP) is 5.64. The van der Waals surface area contributed by atoms with Gasteiger partial charge in [-0.25, -0.2) is 15.0 Å². The fourth-order valence-corrected chi connectivity index (χ4v) is 3.37. The summed E-state index contributed by atoms with van der Waals surface area (Å²) < 4.78 is 0. The number of hydrogen-bond acceptors (Lipinski definition) is 5. The number of nitrogens with zero attached hydrogens (tertiary/aromatic N) is 5. The first-order chi connectivity index (χ1) is 15.3. The van der Waals surface area contributed by atoms with E-state index in [1.54, 1.807) is 0 Å². The van der Waals surface area contributed by atoms with Crippen LogP contribution in [0.5, 0.6) is 0 Å². The van der Waals surface area contributed by atoms with Crippen LogP contribution >= 0.6 is 0 Å². The molecule has 5 nitrogen and oxygen atoms in total. The summed E-state index contributed by atoms with van der Waals surface area (Å²) in [5, 5.41) is 0. The summed E-state index contributed by atoms with van der Waals surface area (Å²) in [5.41, 5.74) is 5.75. The Morgan fingerprint density at radius 1 is 0.452 bits per heavy atom. The SMILES string of the molecule is Cc1nc(-c2ccc(-c3ccccc3)cn2)nc(-c2ccc(-c3ccccc3)cn2)n1. The highest BCUT2D eigenvalue weighted by molar-refractivity contribution is 5.66. The minimum atomic E-state index is 0.538. The molecule has 5 rings (SSSR count). The molecule has 0 saturated carbocycles. The summed E-state index contributed by atoms with van der Waals surface area (Å²) in [5.74, 6) is 1.70. The van der Waals surface area contributed by atoms with E-state index in [0.717, 1.165) is 22.3 Å². The van der Waals surface area contributed by atoms with Crippen molar-refractivity contribution < 1.29 is 0 Å². The molecule has 3 heterocycles. The first kappa shape index (κ1) is 18.8. The largest absolute Gasteiger partial charge is 0.252 e. The van der Waals surface area contributed by atoms with Gasteiger partial charge < -0.3 is 0 Å². The number of rotatable bonds is 4. The second kappa shape index (κ2) is 8.24. The normalized spacial score (nSPS) is 10.7. The van der Waals surface area contributed by atoms with Gasteiger partial charge in [0.15, 0.2) is 11.6 Å². The predicted molar refractivity (Wildman–Crippen MR) is 122 cm³/mol. The van der Waals surface area contributed by atoms with Crippen LogP contribution in [0.3, 0.4) is 0 Å². The number of benzene rings is 2. The van der Waals surface area contributed by atoms with E-state index in [1.165, 1.54) is 0 Å². The van der Waals surface area contributed by atoms with Gasteiger partial charge in [0.1, 0.15) is 17.2 Å². The zero-order valence-electron chi connectivity index (χ0n) is 17.0. The van der Waals surface area contributed by atoms with Crippen molar-refractivity contribution in [2.24, 2.45) is 0 Å². The minimum Gasteiger partial charge on any atom is -0.252 e. The van der Waals surface area contributed by atoms with Gasteiger partial charge in [0.2, 0.25) is 0 Å². The van der Waals surface area contributed by atoms with Crippen molar-refractivity contribution >= 4 is 0 Å². The molecule has 2 aromatic carbocycles. The van der Waals surface area contributed by atoms with Crippen LogP contribution in [0.25, 0.3) is 45.3 Å². The van der Waals surface area contributed by atoms with E-state index in [4.69, 9.17) is 0 Å². The van der Waals surface area contributed by atoms with Crippen LogP contribution in [0.2, 0.25) is 0 Å². The molecule has 0 atom stereocenters. The van der Waals surface area contributed by atoms with Gasteiger partial charge >= 0.3 is 0 Å². The van der Waals surface area contributed by atoms with Gasteiger partial charge in [-0.3, -0.25) is 9.97 Å². The Balaban J connectivity index is 1.45. The number of pyridine rings is 2. The van der Waals surface area contributed by atoms with E-state index < -0.39 is 0 Å². The molecule has 0 N–H and O–H groups in total. The van der Waals surface area contributed by atoms with E-state index in [9.17, 15) is 0 Å². The van der Waals surface area contributed by atoms with Crippen molar-refractivity contribution in [1.29, 1.82) is 0 Å². The van der Waals surface area contributed by atoms with Crippen LogP contribution in [0.15, 0.2) is 97.3 Å². The van der Waals surface area contributed by atoms with Gasteiger partial charge in [-0.05, 0) is 30.2 Å². The van der Waals surface area contributed by atoms with Gasteiger partial charge in [0.25, 0.3) is 0 Å². The Morgan fingerprint density at radius 2 is 0.903 bits per heavy atom. The van der Waals surface area contributed by atoms with Crippen LogP contribution in [-0.4, -0.2) is 24.9 Å². The molecule has 0 aliphatic rings. The summed E-state index contributed by atoms with van der Waals surface area (Å²) >= 11 is 0. The lowest BCUT2D eigenvalue weighted by molar-refractivity contribution is 0.976. The molecule has 31 heavy (non-hydrogen) atoms. The summed E-state index contributed by atoms with van der Waals surface area (Å²) in [6, 6.07) is 28.2. The maximum atomic E-state index is 4.63. The van der Waals surface area contributed by atoms with E-state index in [2.05, 4.69) is 49.2 Å². The Kier molecular flexibility index (Phi) is 4.99. The highest BCUT2D eigenvalue weighted by Crippen LogP contribution is 2.23. The molecule has 0 radical (unpaired) electrons. The second-order valence-corrected chi connectivity index (χ2v) is 7.13. The molecule has 0 fully saturated rings. The van der Waals surface area contributed by atoms with Crippen molar-refractivity contribution in [2.45, 2.75) is 6.92 Å². The molecule has 0 unspecified atom stereocenters. The number of aromatic nitrogens is 5. The zero-order valence-corrected chi connectivity index (χ0v) is 17.0. The Morgan fingerprint density at radius 3 is 1.29 bits per heavy atom. The van der Waals surface area contributed by atoms with E-state index in [0.29, 0.717) is 28.9 Å². The maximum absolute atomic E-state index is 4.63. The molecule has 5 aromatic rings. The molecule has 0 aliphatic carbocycles. The van der Waals surface area contributed by atoms with E-state index in [1.807, 2.05) is 80.0 Å². The van der Waals surface area contributed by atoms with Crippen molar-refractivity contribution in [3.8, 4) is 45.3 Å². The third-order valence-corrected chi connectivity index (χ3v) is 4.95. The fraction of sp³-hybridized carbons (Fsp3) is 0.0385. The summed E-state index contributed by atoms with van der Waals surface area (Å²) in [6.45, 7) is 1.85. The topological polar surface area (TPSA) is 64.5 Å². The minimum absolute atomic E-state index is 0.538. The third-order valence-electron chi connectivity index (χ3n) is 4.95. The van der Waals surface area contributed by atoms with E-state index >= 15 is 0 Å². The van der Waals surface area contributed by atoms with E-state index in [-0.39, 0.29) is 0 Å². The Bertz CT molecular complexity index is 1200. The zero-order chi connectivity index (χ0) is 21.0. The summed E-state index contributed by atoms with van der Waals surface area (Å²) in [6.07, 6.45) is 3.69. The standard InChI is InChI=1S/C26H19N5/c1-18-29-25(23-14-12-21(16-27-23)19-8-4-2-5-9-19)31-26(30-18)24-15-13-22(17-28-24)20-10-6-3-7-11-20/h2-17H,1H3. The van der Waals surface area contributed by atoms with Crippen LogP contribution in [0, 0.1) is 6.92 Å². The van der Waals surface area contributed by atoms with Crippen molar-refractivity contribution in [1.82, 2.24) is 24.9 Å². The fourth-order valence-electron chi connectivity index (χ4n) is 3.37. The molecule has 3 aromatic heterocycles. The quantitative estimate of drug-likeness (QED) is 0.390. The van der Waals surface area contributed by atoms with Crippen LogP contribution in [0.4, 0.5) is 0 Å². The first-order valence-electron chi connectivity index (χ1n) is 10.0. The van der Waals surface area contributed by atoms with Crippen LogP contribution in [0.1, 0.15) is 5.82 Å². The monoisotopic (exact) mass is 401 g/mol. The second-order valence-electron chi connectivity index (χ2n) is 7.13. The smallest absolute Gasteiger partial charge is 0.182 e. The Hall–Kier alpha value is -4.25. The van der Waals surface area contributed by atoms with Gasteiger partial charge in [-0.2, -0.15) is 0 Å². The van der Waals surface area contributed by atoms with Crippen LogP contribution < -0.4 is 0 Å². The van der Waals surface area contributed by atoms with Gasteiger partial charge in [-0.15, -0.1) is 0 Å². The molecule has 0 saturated heterocycles. The molecule has 0 aliphatic heterocycles. The average Bonchev–Trinajstić information content (AvgIpc) is 2.85. The van der Waals surface area contributed by atoms with Gasteiger partial charge in [0, 0.05) is 23.5 Å². The maximum Gasteiger partial charge on any atom is 0.182 e.